The summed E-state index contributed by atoms with van der Waals surface area (Å²) in [5, 5.41) is 2.48. The summed E-state index contributed by atoms with van der Waals surface area (Å²) >= 11 is 0. The van der Waals surface area contributed by atoms with Gasteiger partial charge in [0.15, 0.2) is 0 Å². The number of hydrazine groups is 1. The maximum Gasteiger partial charge on any atom is 0.243 e. The summed E-state index contributed by atoms with van der Waals surface area (Å²) < 4.78 is 26.5. The zero-order chi connectivity index (χ0) is 16.4. The van der Waals surface area contributed by atoms with Gasteiger partial charge in [0.1, 0.15) is 17.7 Å². The highest BCUT2D eigenvalue weighted by Gasteiger charge is 2.30. The van der Waals surface area contributed by atoms with Gasteiger partial charge in [-0.3, -0.25) is 4.79 Å². The lowest BCUT2D eigenvalue weighted by Gasteiger charge is -2.11. The van der Waals surface area contributed by atoms with Gasteiger partial charge >= 0.3 is 0 Å². The van der Waals surface area contributed by atoms with Crippen molar-refractivity contribution < 1.29 is 13.6 Å². The highest BCUT2D eigenvalue weighted by Crippen LogP contribution is 2.23. The first kappa shape index (κ1) is 15.6. The zero-order valence-electron chi connectivity index (χ0n) is 12.6. The number of hydrogen-bond acceptors (Lipinski definition) is 3. The molecule has 0 radical (unpaired) electrons. The maximum absolute atomic E-state index is 13.6. The average Bonchev–Trinajstić information content (AvgIpc) is 3.01. The van der Waals surface area contributed by atoms with Crippen LogP contribution in [0.2, 0.25) is 0 Å². The molecule has 3 rings (SSSR count). The van der Waals surface area contributed by atoms with E-state index >= 15 is 0 Å². The molecule has 0 spiro atoms. The predicted molar refractivity (Wildman–Crippen MR) is 83.6 cm³/mol. The Balaban J connectivity index is 1.64. The van der Waals surface area contributed by atoms with E-state index in [0.29, 0.717) is 6.42 Å². The monoisotopic (exact) mass is 317 g/mol. The van der Waals surface area contributed by atoms with Crippen LogP contribution >= 0.6 is 0 Å². The van der Waals surface area contributed by atoms with Crippen LogP contribution in [-0.2, 0) is 4.79 Å². The molecule has 1 saturated heterocycles. The minimum atomic E-state index is -0.792. The molecule has 1 amide bonds. The van der Waals surface area contributed by atoms with Gasteiger partial charge in [-0.1, -0.05) is 29.8 Å². The molecular weight excluding hydrogens is 300 g/mol. The molecule has 0 aliphatic carbocycles. The smallest absolute Gasteiger partial charge is 0.243 e. The van der Waals surface area contributed by atoms with Crippen LogP contribution in [0.5, 0.6) is 0 Å². The minimum Gasteiger partial charge on any atom is -0.322 e. The van der Waals surface area contributed by atoms with E-state index in [1.54, 1.807) is 0 Å². The highest BCUT2D eigenvalue weighted by atomic mass is 19.1. The molecule has 2 atom stereocenters. The van der Waals surface area contributed by atoms with Crippen molar-refractivity contribution in [3.05, 3.63) is 65.2 Å². The van der Waals surface area contributed by atoms with E-state index in [4.69, 9.17) is 0 Å². The van der Waals surface area contributed by atoms with Crippen molar-refractivity contribution in [1.82, 2.24) is 10.9 Å². The van der Waals surface area contributed by atoms with Crippen LogP contribution in [0.4, 0.5) is 14.5 Å². The van der Waals surface area contributed by atoms with Crippen molar-refractivity contribution in [2.45, 2.75) is 25.4 Å². The van der Waals surface area contributed by atoms with E-state index in [9.17, 15) is 13.6 Å². The third-order valence-corrected chi connectivity index (χ3v) is 3.89. The third kappa shape index (κ3) is 3.55. The number of halogens is 2. The SMILES string of the molecule is Cc1ccc(C2CC(C(=O)Nc3ccc(F)cc3F)NN2)cc1. The van der Waals surface area contributed by atoms with Gasteiger partial charge < -0.3 is 5.32 Å². The Labute approximate surface area is 132 Å². The number of anilines is 1. The lowest BCUT2D eigenvalue weighted by molar-refractivity contribution is -0.117. The topological polar surface area (TPSA) is 53.2 Å². The van der Waals surface area contributed by atoms with E-state index in [2.05, 4.69) is 16.2 Å². The Hall–Kier alpha value is -2.31. The quantitative estimate of drug-likeness (QED) is 0.816. The lowest BCUT2D eigenvalue weighted by atomic mass is 10.0. The van der Waals surface area contributed by atoms with Crippen molar-refractivity contribution in [2.24, 2.45) is 0 Å². The normalized spacial score (nSPS) is 20.5. The molecule has 1 aliphatic heterocycles. The molecule has 120 valence electrons. The first-order valence-electron chi connectivity index (χ1n) is 7.36. The lowest BCUT2D eigenvalue weighted by Crippen LogP contribution is -2.39. The number of nitrogens with one attached hydrogen (secondary N) is 3. The first-order chi connectivity index (χ1) is 11.0. The molecule has 1 heterocycles. The summed E-state index contributed by atoms with van der Waals surface area (Å²) in [4.78, 5) is 12.2. The second-order valence-electron chi connectivity index (χ2n) is 5.65. The summed E-state index contributed by atoms with van der Waals surface area (Å²) in [6.07, 6.45) is 0.539. The van der Waals surface area contributed by atoms with E-state index in [0.717, 1.165) is 17.7 Å². The number of hydrogen-bond donors (Lipinski definition) is 3. The van der Waals surface area contributed by atoms with Crippen molar-refractivity contribution in [2.75, 3.05) is 5.32 Å². The number of aryl methyl sites for hydroxylation is 1. The summed E-state index contributed by atoms with van der Waals surface area (Å²) in [6, 6.07) is 10.6. The number of benzene rings is 2. The number of rotatable bonds is 3. The Bertz CT molecular complexity index is 718. The van der Waals surface area contributed by atoms with Crippen LogP contribution in [-0.4, -0.2) is 11.9 Å². The zero-order valence-corrected chi connectivity index (χ0v) is 12.6. The Morgan fingerprint density at radius 3 is 2.57 bits per heavy atom. The van der Waals surface area contributed by atoms with Gasteiger partial charge in [0, 0.05) is 12.1 Å². The minimum absolute atomic E-state index is 0.00409. The Morgan fingerprint density at radius 2 is 1.87 bits per heavy atom. The Kier molecular flexibility index (Phi) is 4.36. The molecule has 3 N–H and O–H groups in total. The first-order valence-corrected chi connectivity index (χ1v) is 7.36. The molecule has 0 aromatic heterocycles. The fourth-order valence-electron chi connectivity index (χ4n) is 2.56. The van der Waals surface area contributed by atoms with Crippen molar-refractivity contribution in [1.29, 1.82) is 0 Å². The van der Waals surface area contributed by atoms with Gasteiger partial charge in [0.05, 0.1) is 5.69 Å². The summed E-state index contributed by atoms with van der Waals surface area (Å²) in [6.45, 7) is 2.01. The second-order valence-corrected chi connectivity index (χ2v) is 5.65. The molecule has 2 aromatic rings. The molecule has 23 heavy (non-hydrogen) atoms. The predicted octanol–water partition coefficient (Wildman–Crippen LogP) is 2.82. The van der Waals surface area contributed by atoms with E-state index in [1.807, 2.05) is 31.2 Å². The molecule has 2 aromatic carbocycles. The fraction of sp³-hybridized carbons (Fsp3) is 0.235. The molecule has 1 fully saturated rings. The fourth-order valence-corrected chi connectivity index (χ4v) is 2.56. The summed E-state index contributed by atoms with van der Waals surface area (Å²) in [5.74, 6) is -1.84. The Morgan fingerprint density at radius 1 is 1.13 bits per heavy atom. The van der Waals surface area contributed by atoms with Gasteiger partial charge in [0.25, 0.3) is 0 Å². The van der Waals surface area contributed by atoms with Gasteiger partial charge in [-0.05, 0) is 31.0 Å². The summed E-state index contributed by atoms with van der Waals surface area (Å²) in [5.41, 5.74) is 8.19. The molecule has 2 unspecified atom stereocenters. The van der Waals surface area contributed by atoms with Crippen LogP contribution in [0.3, 0.4) is 0 Å². The average molecular weight is 317 g/mol. The maximum atomic E-state index is 13.6. The number of amides is 1. The molecule has 1 aliphatic rings. The van der Waals surface area contributed by atoms with E-state index < -0.39 is 17.7 Å². The second kappa shape index (κ2) is 6.44. The molecule has 0 bridgehead atoms. The highest BCUT2D eigenvalue weighted by molar-refractivity contribution is 5.95. The summed E-state index contributed by atoms with van der Waals surface area (Å²) in [7, 11) is 0. The van der Waals surface area contributed by atoms with Gasteiger partial charge in [-0.15, -0.1) is 0 Å². The van der Waals surface area contributed by atoms with Gasteiger partial charge in [-0.2, -0.15) is 0 Å². The molecule has 6 heteroatoms. The van der Waals surface area contributed by atoms with Crippen LogP contribution < -0.4 is 16.2 Å². The van der Waals surface area contributed by atoms with Crippen LogP contribution in [0.15, 0.2) is 42.5 Å². The van der Waals surface area contributed by atoms with Crippen LogP contribution in [0.25, 0.3) is 0 Å². The van der Waals surface area contributed by atoms with Crippen LogP contribution in [0, 0.1) is 18.6 Å². The van der Waals surface area contributed by atoms with Crippen molar-refractivity contribution >= 4 is 11.6 Å². The van der Waals surface area contributed by atoms with Crippen molar-refractivity contribution in [3.8, 4) is 0 Å². The molecule has 0 saturated carbocycles. The van der Waals surface area contributed by atoms with Gasteiger partial charge in [0.2, 0.25) is 5.91 Å². The van der Waals surface area contributed by atoms with E-state index in [-0.39, 0.29) is 17.6 Å². The molecular formula is C17H17F2N3O. The number of carbonyl (C=O) groups is 1. The van der Waals surface area contributed by atoms with Crippen LogP contribution in [0.1, 0.15) is 23.6 Å². The third-order valence-electron chi connectivity index (χ3n) is 3.89. The van der Waals surface area contributed by atoms with E-state index in [1.165, 1.54) is 11.6 Å². The van der Waals surface area contributed by atoms with Gasteiger partial charge in [-0.25, -0.2) is 19.6 Å². The largest absolute Gasteiger partial charge is 0.322 e. The van der Waals surface area contributed by atoms with Crippen molar-refractivity contribution in [3.63, 3.8) is 0 Å². The molecule has 4 nitrogen and oxygen atoms in total. The number of carbonyl (C=O) groups excluding carboxylic acids is 1. The standard InChI is InChI=1S/C17H17F2N3O/c1-10-2-4-11(5-3-10)15-9-16(22-21-15)17(23)20-14-7-6-12(18)8-13(14)19/h2-8,15-16,21-22H,9H2,1H3,(H,20,23).